The van der Waals surface area contributed by atoms with Gasteiger partial charge in [0.05, 0.1) is 19.6 Å². The van der Waals surface area contributed by atoms with Crippen molar-refractivity contribution in [3.05, 3.63) is 34.3 Å². The Morgan fingerprint density at radius 1 is 1.14 bits per heavy atom. The zero-order valence-electron chi connectivity index (χ0n) is 16.7. The van der Waals surface area contributed by atoms with Gasteiger partial charge in [0.1, 0.15) is 0 Å². The van der Waals surface area contributed by atoms with Crippen molar-refractivity contribution < 1.29 is 19.1 Å². The van der Waals surface area contributed by atoms with Gasteiger partial charge in [0.15, 0.2) is 0 Å². The van der Waals surface area contributed by atoms with E-state index in [2.05, 4.69) is 21.2 Å². The Kier molecular flexibility index (Phi) is 7.52. The van der Waals surface area contributed by atoms with Crippen LogP contribution in [0, 0.1) is 5.92 Å². The van der Waals surface area contributed by atoms with Crippen LogP contribution in [0.5, 0.6) is 0 Å². The van der Waals surface area contributed by atoms with Gasteiger partial charge in [-0.2, -0.15) is 0 Å². The highest BCUT2D eigenvalue weighted by molar-refractivity contribution is 9.10. The summed E-state index contributed by atoms with van der Waals surface area (Å²) in [7, 11) is 1.34. The normalized spacial score (nSPS) is 18.4. The number of nitrogens with one attached hydrogen (secondary N) is 1. The van der Waals surface area contributed by atoms with Gasteiger partial charge in [0, 0.05) is 36.6 Å². The molecule has 1 N–H and O–H groups in total. The molecule has 3 rings (SSSR count). The molecule has 8 heteroatoms. The number of piperidine rings is 1. The molecule has 29 heavy (non-hydrogen) atoms. The van der Waals surface area contributed by atoms with Crippen LogP contribution in [-0.2, 0) is 14.3 Å². The molecule has 1 aromatic carbocycles. The first-order valence-corrected chi connectivity index (χ1v) is 10.9. The zero-order valence-corrected chi connectivity index (χ0v) is 18.3. The second-order valence-electron chi connectivity index (χ2n) is 7.63. The molecular weight excluding hydrogens is 438 g/mol. The molecule has 0 radical (unpaired) electrons. The zero-order chi connectivity index (χ0) is 20.8. The van der Waals surface area contributed by atoms with Crippen molar-refractivity contribution in [1.82, 2.24) is 15.1 Å². The number of carbonyl (C=O) groups is 3. The third-order valence-electron chi connectivity index (χ3n) is 5.68. The monoisotopic (exact) mass is 465 g/mol. The predicted molar refractivity (Wildman–Crippen MR) is 112 cm³/mol. The lowest BCUT2D eigenvalue weighted by atomic mass is 9.94. The SMILES string of the molecule is COC(=O)CC(NC(=O)C1CCN(C(=O)N2CCCC2)CC1)c1cccc(Br)c1. The quantitative estimate of drug-likeness (QED) is 0.677. The van der Waals surface area contributed by atoms with Gasteiger partial charge in [0.25, 0.3) is 0 Å². The Hall–Kier alpha value is -2.09. The minimum Gasteiger partial charge on any atom is -0.469 e. The average Bonchev–Trinajstić information content (AvgIpc) is 3.27. The van der Waals surface area contributed by atoms with Crippen LogP contribution in [0.1, 0.15) is 43.7 Å². The molecule has 7 nitrogen and oxygen atoms in total. The second-order valence-corrected chi connectivity index (χ2v) is 8.55. The predicted octanol–water partition coefficient (Wildman–Crippen LogP) is 3.10. The molecule has 0 bridgehead atoms. The Labute approximate surface area is 179 Å². The maximum atomic E-state index is 12.9. The van der Waals surface area contributed by atoms with E-state index in [1.807, 2.05) is 34.1 Å². The first kappa shape index (κ1) is 21.6. The number of amides is 3. The van der Waals surface area contributed by atoms with Crippen molar-refractivity contribution in [3.63, 3.8) is 0 Å². The van der Waals surface area contributed by atoms with E-state index in [0.29, 0.717) is 25.9 Å². The van der Waals surface area contributed by atoms with Crippen LogP contribution >= 0.6 is 15.9 Å². The smallest absolute Gasteiger partial charge is 0.319 e. The first-order chi connectivity index (χ1) is 14.0. The summed E-state index contributed by atoms with van der Waals surface area (Å²) < 4.78 is 5.68. The lowest BCUT2D eigenvalue weighted by molar-refractivity contribution is -0.141. The number of carbonyl (C=O) groups excluding carboxylic acids is 3. The van der Waals surface area contributed by atoms with Gasteiger partial charge in [-0.15, -0.1) is 0 Å². The number of hydrogen-bond donors (Lipinski definition) is 1. The third kappa shape index (κ3) is 5.72. The molecule has 2 aliphatic heterocycles. The molecular formula is C21H28BrN3O4. The average molecular weight is 466 g/mol. The van der Waals surface area contributed by atoms with E-state index >= 15 is 0 Å². The summed E-state index contributed by atoms with van der Waals surface area (Å²) in [6.07, 6.45) is 3.48. The summed E-state index contributed by atoms with van der Waals surface area (Å²) in [5.74, 6) is -0.613. The van der Waals surface area contributed by atoms with Gasteiger partial charge >= 0.3 is 12.0 Å². The maximum absolute atomic E-state index is 12.9. The minimum atomic E-state index is -0.447. The number of halogens is 1. The maximum Gasteiger partial charge on any atom is 0.319 e. The van der Waals surface area contributed by atoms with E-state index in [9.17, 15) is 14.4 Å². The molecule has 0 aliphatic carbocycles. The number of nitrogens with zero attached hydrogens (tertiary/aromatic N) is 2. The van der Waals surface area contributed by atoms with E-state index < -0.39 is 6.04 Å². The van der Waals surface area contributed by atoms with Crippen molar-refractivity contribution in [2.45, 2.75) is 38.1 Å². The summed E-state index contributed by atoms with van der Waals surface area (Å²) >= 11 is 3.43. The molecule has 0 aromatic heterocycles. The van der Waals surface area contributed by atoms with E-state index in [-0.39, 0.29) is 30.2 Å². The standard InChI is InChI=1S/C21H28BrN3O4/c1-29-19(26)14-18(16-5-4-6-17(22)13-16)23-20(27)15-7-11-25(12-8-15)21(28)24-9-2-3-10-24/h4-6,13,15,18H,2-3,7-12,14H2,1H3,(H,23,27). The van der Waals surface area contributed by atoms with Gasteiger partial charge < -0.3 is 19.9 Å². The summed E-state index contributed by atoms with van der Waals surface area (Å²) in [5, 5.41) is 3.02. The number of hydrogen-bond acceptors (Lipinski definition) is 4. The molecule has 2 aliphatic rings. The second kappa shape index (κ2) is 10.1. The summed E-state index contributed by atoms with van der Waals surface area (Å²) in [6, 6.07) is 7.20. The van der Waals surface area contributed by atoms with Gasteiger partial charge in [-0.1, -0.05) is 28.1 Å². The Bertz CT molecular complexity index is 743. The number of benzene rings is 1. The van der Waals surface area contributed by atoms with Crippen molar-refractivity contribution in [2.24, 2.45) is 5.92 Å². The van der Waals surface area contributed by atoms with E-state index in [1.54, 1.807) is 0 Å². The molecule has 2 fully saturated rings. The highest BCUT2D eigenvalue weighted by Gasteiger charge is 2.31. The summed E-state index contributed by atoms with van der Waals surface area (Å²) in [4.78, 5) is 41.0. The van der Waals surface area contributed by atoms with Crippen LogP contribution in [0.3, 0.4) is 0 Å². The van der Waals surface area contributed by atoms with Crippen molar-refractivity contribution in [3.8, 4) is 0 Å². The first-order valence-electron chi connectivity index (χ1n) is 10.1. The van der Waals surface area contributed by atoms with Gasteiger partial charge in [-0.05, 0) is 43.4 Å². The van der Waals surface area contributed by atoms with E-state index in [1.165, 1.54) is 7.11 Å². The Morgan fingerprint density at radius 2 is 1.79 bits per heavy atom. The fourth-order valence-electron chi connectivity index (χ4n) is 3.96. The van der Waals surface area contributed by atoms with Crippen LogP contribution in [-0.4, -0.2) is 61.0 Å². The largest absolute Gasteiger partial charge is 0.469 e. The van der Waals surface area contributed by atoms with Crippen molar-refractivity contribution >= 4 is 33.8 Å². The molecule has 2 heterocycles. The number of methoxy groups -OCH3 is 1. The summed E-state index contributed by atoms with van der Waals surface area (Å²) in [5.41, 5.74) is 0.847. The third-order valence-corrected chi connectivity index (χ3v) is 6.17. The lowest BCUT2D eigenvalue weighted by Gasteiger charge is -2.34. The molecule has 3 amide bonds. The molecule has 1 aromatic rings. The van der Waals surface area contributed by atoms with Crippen molar-refractivity contribution in [2.75, 3.05) is 33.3 Å². The van der Waals surface area contributed by atoms with Gasteiger partial charge in [-0.25, -0.2) is 4.79 Å². The van der Waals surface area contributed by atoms with Gasteiger partial charge in [-0.3, -0.25) is 9.59 Å². The van der Waals surface area contributed by atoms with Crippen molar-refractivity contribution in [1.29, 1.82) is 0 Å². The molecule has 0 saturated carbocycles. The number of rotatable bonds is 5. The molecule has 158 valence electrons. The van der Waals surface area contributed by atoms with Gasteiger partial charge in [0.2, 0.25) is 5.91 Å². The Morgan fingerprint density at radius 3 is 2.41 bits per heavy atom. The number of likely N-dealkylation sites (tertiary alicyclic amines) is 2. The topological polar surface area (TPSA) is 79.0 Å². The highest BCUT2D eigenvalue weighted by Crippen LogP contribution is 2.25. The Balaban J connectivity index is 1.58. The number of urea groups is 1. The fraction of sp³-hybridized carbons (Fsp3) is 0.571. The molecule has 1 atom stereocenters. The van der Waals surface area contributed by atoms with Crippen LogP contribution in [0.2, 0.25) is 0 Å². The highest BCUT2D eigenvalue weighted by atomic mass is 79.9. The van der Waals surface area contributed by atoms with Crippen LogP contribution in [0.25, 0.3) is 0 Å². The molecule has 0 spiro atoms. The number of ether oxygens (including phenoxy) is 1. The lowest BCUT2D eigenvalue weighted by Crippen LogP contribution is -2.48. The van der Waals surface area contributed by atoms with Crippen LogP contribution in [0.15, 0.2) is 28.7 Å². The van der Waals surface area contributed by atoms with Crippen LogP contribution < -0.4 is 5.32 Å². The van der Waals surface area contributed by atoms with E-state index in [4.69, 9.17) is 4.74 Å². The summed E-state index contributed by atoms with van der Waals surface area (Å²) in [6.45, 7) is 2.85. The fourth-order valence-corrected chi connectivity index (χ4v) is 4.37. The van der Waals surface area contributed by atoms with E-state index in [0.717, 1.165) is 36.0 Å². The van der Waals surface area contributed by atoms with Crippen LogP contribution in [0.4, 0.5) is 4.79 Å². The minimum absolute atomic E-state index is 0.0744. The number of esters is 1. The molecule has 1 unspecified atom stereocenters. The molecule has 2 saturated heterocycles.